The predicted octanol–water partition coefficient (Wildman–Crippen LogP) is 2.52. The normalized spacial score (nSPS) is 20.5. The zero-order valence-electron chi connectivity index (χ0n) is 15.0. The quantitative estimate of drug-likeness (QED) is 0.800. The van der Waals surface area contributed by atoms with Crippen molar-refractivity contribution in [2.24, 2.45) is 5.41 Å². The molecule has 24 heavy (non-hydrogen) atoms. The minimum Gasteiger partial charge on any atom is -0.361 e. The van der Waals surface area contributed by atoms with Crippen molar-refractivity contribution in [3.8, 4) is 11.8 Å². The molecule has 0 aliphatic carbocycles. The summed E-state index contributed by atoms with van der Waals surface area (Å²) in [5.41, 5.74) is 2.11. The van der Waals surface area contributed by atoms with Gasteiger partial charge in [0.25, 0.3) is 0 Å². The Labute approximate surface area is 144 Å². The zero-order valence-corrected chi connectivity index (χ0v) is 15.0. The highest BCUT2D eigenvalue weighted by Gasteiger charge is 2.44. The number of amides is 1. The third kappa shape index (κ3) is 3.49. The smallest absolute Gasteiger partial charge is 0.223 e. The van der Waals surface area contributed by atoms with Crippen LogP contribution in [0.4, 0.5) is 0 Å². The molecular weight excluding hydrogens is 302 g/mol. The summed E-state index contributed by atoms with van der Waals surface area (Å²) >= 11 is 0. The number of nitrogens with zero attached hydrogens (tertiary/aromatic N) is 3. The molecule has 1 spiro atoms. The molecule has 0 radical (unpaired) electrons. The number of likely N-dealkylation sites (tertiary alicyclic amines) is 2. The molecule has 1 aromatic heterocycles. The van der Waals surface area contributed by atoms with E-state index in [0.717, 1.165) is 62.5 Å². The largest absolute Gasteiger partial charge is 0.361 e. The average Bonchev–Trinajstić information content (AvgIpc) is 3.04. The summed E-state index contributed by atoms with van der Waals surface area (Å²) in [6.45, 7) is 10.4. The van der Waals surface area contributed by atoms with Gasteiger partial charge in [0.05, 0.1) is 18.8 Å². The van der Waals surface area contributed by atoms with Crippen molar-refractivity contribution in [2.75, 3.05) is 26.2 Å². The van der Waals surface area contributed by atoms with Gasteiger partial charge in [0.2, 0.25) is 5.91 Å². The lowest BCUT2D eigenvalue weighted by atomic mass is 9.77. The lowest BCUT2D eigenvalue weighted by Crippen LogP contribution is -2.41. The summed E-state index contributed by atoms with van der Waals surface area (Å²) in [4.78, 5) is 16.9. The Morgan fingerprint density at radius 3 is 2.62 bits per heavy atom. The molecule has 3 rings (SSSR count). The van der Waals surface area contributed by atoms with Crippen molar-refractivity contribution in [1.29, 1.82) is 0 Å². The lowest BCUT2D eigenvalue weighted by molar-refractivity contribution is -0.128. The van der Waals surface area contributed by atoms with Gasteiger partial charge in [0, 0.05) is 24.9 Å². The highest BCUT2D eigenvalue weighted by Crippen LogP contribution is 2.41. The first-order valence-electron chi connectivity index (χ1n) is 8.90. The number of hydrogen-bond acceptors (Lipinski definition) is 4. The van der Waals surface area contributed by atoms with Crippen molar-refractivity contribution < 1.29 is 9.32 Å². The van der Waals surface area contributed by atoms with Crippen LogP contribution in [0.3, 0.4) is 0 Å². The zero-order chi connectivity index (χ0) is 17.2. The van der Waals surface area contributed by atoms with Crippen molar-refractivity contribution in [2.45, 2.75) is 53.0 Å². The van der Waals surface area contributed by atoms with Crippen LogP contribution in [0.15, 0.2) is 4.52 Å². The second-order valence-electron chi connectivity index (χ2n) is 7.21. The maximum Gasteiger partial charge on any atom is 0.223 e. The maximum absolute atomic E-state index is 12.5. The minimum atomic E-state index is 0.157. The summed E-state index contributed by atoms with van der Waals surface area (Å²) in [5, 5.41) is 4.00. The van der Waals surface area contributed by atoms with Crippen LogP contribution in [0.5, 0.6) is 0 Å². The highest BCUT2D eigenvalue weighted by atomic mass is 16.5. The Hall–Kier alpha value is -1.80. The number of piperidine rings is 1. The van der Waals surface area contributed by atoms with E-state index in [4.69, 9.17) is 4.52 Å². The van der Waals surface area contributed by atoms with Gasteiger partial charge in [-0.1, -0.05) is 18.0 Å². The van der Waals surface area contributed by atoms with Crippen LogP contribution in [0.2, 0.25) is 0 Å². The van der Waals surface area contributed by atoms with Gasteiger partial charge in [0.15, 0.2) is 0 Å². The van der Waals surface area contributed by atoms with E-state index in [1.807, 2.05) is 18.7 Å². The Balaban J connectivity index is 1.59. The monoisotopic (exact) mass is 329 g/mol. The van der Waals surface area contributed by atoms with Gasteiger partial charge in [-0.25, -0.2) is 0 Å². The summed E-state index contributed by atoms with van der Waals surface area (Å²) in [6.07, 6.45) is 3.78. The molecule has 0 unspecified atom stereocenters. The number of hydrogen-bond donors (Lipinski definition) is 0. The molecular formula is C19H27N3O2. The molecule has 5 heteroatoms. The molecule has 0 bridgehead atoms. The third-order valence-corrected chi connectivity index (χ3v) is 5.46. The van der Waals surface area contributed by atoms with Crippen LogP contribution in [0, 0.1) is 31.1 Å². The third-order valence-electron chi connectivity index (χ3n) is 5.46. The second-order valence-corrected chi connectivity index (χ2v) is 7.21. The molecule has 130 valence electrons. The van der Waals surface area contributed by atoms with E-state index in [1.54, 1.807) is 0 Å². The molecule has 0 aromatic carbocycles. The van der Waals surface area contributed by atoms with Gasteiger partial charge in [0.1, 0.15) is 5.76 Å². The first-order valence-corrected chi connectivity index (χ1v) is 8.90. The van der Waals surface area contributed by atoms with Crippen LogP contribution in [-0.2, 0) is 11.3 Å². The van der Waals surface area contributed by atoms with Crippen molar-refractivity contribution in [3.63, 3.8) is 0 Å². The summed E-state index contributed by atoms with van der Waals surface area (Å²) in [6, 6.07) is 0. The number of carbonyl (C=O) groups is 1. The van der Waals surface area contributed by atoms with Crippen LogP contribution in [0.25, 0.3) is 0 Å². The first kappa shape index (κ1) is 17.0. The number of aromatic nitrogens is 1. The SMILES string of the molecule is CCC#CCN1CCC2(CC1)CC(=O)N(Cc1c(C)noc1C)C2. The Morgan fingerprint density at radius 1 is 1.25 bits per heavy atom. The van der Waals surface area contributed by atoms with Crippen LogP contribution in [0.1, 0.15) is 49.6 Å². The molecule has 2 aliphatic heterocycles. The number of aryl methyl sites for hydroxylation is 2. The van der Waals surface area contributed by atoms with Crippen LogP contribution < -0.4 is 0 Å². The van der Waals surface area contributed by atoms with Gasteiger partial charge in [-0.2, -0.15) is 0 Å². The van der Waals surface area contributed by atoms with Crippen molar-refractivity contribution >= 4 is 5.91 Å². The fraction of sp³-hybridized carbons (Fsp3) is 0.684. The van der Waals surface area contributed by atoms with Crippen molar-refractivity contribution in [3.05, 3.63) is 17.0 Å². The van der Waals surface area contributed by atoms with E-state index in [-0.39, 0.29) is 11.3 Å². The van der Waals surface area contributed by atoms with Gasteiger partial charge in [-0.15, -0.1) is 5.92 Å². The summed E-state index contributed by atoms with van der Waals surface area (Å²) in [7, 11) is 0. The van der Waals surface area contributed by atoms with E-state index in [9.17, 15) is 4.79 Å². The Kier molecular flexibility index (Phi) is 4.96. The lowest BCUT2D eigenvalue weighted by Gasteiger charge is -2.38. The maximum atomic E-state index is 12.5. The van der Waals surface area contributed by atoms with E-state index in [2.05, 4.69) is 28.8 Å². The predicted molar refractivity (Wildman–Crippen MR) is 92.2 cm³/mol. The van der Waals surface area contributed by atoms with Gasteiger partial charge in [-0.05, 0) is 45.2 Å². The summed E-state index contributed by atoms with van der Waals surface area (Å²) in [5.74, 6) is 7.46. The Bertz CT molecular complexity index is 640. The molecule has 1 aromatic rings. The fourth-order valence-electron chi connectivity index (χ4n) is 3.86. The van der Waals surface area contributed by atoms with Gasteiger partial charge in [-0.3, -0.25) is 9.69 Å². The summed E-state index contributed by atoms with van der Waals surface area (Å²) < 4.78 is 5.23. The van der Waals surface area contributed by atoms with E-state index in [0.29, 0.717) is 13.0 Å². The fourth-order valence-corrected chi connectivity index (χ4v) is 3.86. The standard InChI is InChI=1S/C19H27N3O2/c1-4-5-6-9-21-10-7-19(8-11-21)12-18(23)22(14-19)13-17-15(2)20-24-16(17)3/h4,7-14H2,1-3H3. The molecule has 0 N–H and O–H groups in total. The molecule has 5 nitrogen and oxygen atoms in total. The van der Waals surface area contributed by atoms with Gasteiger partial charge < -0.3 is 9.42 Å². The molecule has 2 aliphatic rings. The topological polar surface area (TPSA) is 49.6 Å². The second kappa shape index (κ2) is 6.98. The van der Waals surface area contributed by atoms with E-state index in [1.165, 1.54) is 0 Å². The van der Waals surface area contributed by atoms with Crippen molar-refractivity contribution in [1.82, 2.24) is 15.0 Å². The number of carbonyl (C=O) groups excluding carboxylic acids is 1. The molecule has 0 saturated carbocycles. The van der Waals surface area contributed by atoms with E-state index >= 15 is 0 Å². The molecule has 3 heterocycles. The van der Waals surface area contributed by atoms with Crippen LogP contribution >= 0.6 is 0 Å². The van der Waals surface area contributed by atoms with Gasteiger partial charge >= 0.3 is 0 Å². The molecule has 2 saturated heterocycles. The van der Waals surface area contributed by atoms with E-state index < -0.39 is 0 Å². The first-order chi connectivity index (χ1) is 11.5. The Morgan fingerprint density at radius 2 is 2.00 bits per heavy atom. The van der Waals surface area contributed by atoms with Crippen LogP contribution in [-0.4, -0.2) is 47.0 Å². The molecule has 1 amide bonds. The molecule has 2 fully saturated rings. The highest BCUT2D eigenvalue weighted by molar-refractivity contribution is 5.79. The average molecular weight is 329 g/mol. The minimum absolute atomic E-state index is 0.157. The number of rotatable bonds is 3. The molecule has 0 atom stereocenters.